The molecule has 0 aromatic heterocycles. The molecule has 0 fully saturated rings. The van der Waals surface area contributed by atoms with Crippen LogP contribution < -0.4 is 0 Å². The van der Waals surface area contributed by atoms with Crippen LogP contribution in [-0.4, -0.2) is 54.9 Å². The second kappa shape index (κ2) is 5.54. The smallest absolute Gasteiger partial charge is 0.406 e. The summed E-state index contributed by atoms with van der Waals surface area (Å²) in [6.07, 6.45) is -4.63. The normalized spacial score (nSPS) is 11.0. The Bertz CT molecular complexity index is 241. The van der Waals surface area contributed by atoms with Gasteiger partial charge in [0, 0.05) is 6.54 Å². The first-order chi connectivity index (χ1) is 6.81. The lowest BCUT2D eigenvalue weighted by Gasteiger charge is -2.21. The highest BCUT2D eigenvalue weighted by Gasteiger charge is 2.35. The van der Waals surface area contributed by atoms with Gasteiger partial charge in [0.1, 0.15) is 6.54 Å². The molecule has 0 aromatic carbocycles. The van der Waals surface area contributed by atoms with Crippen LogP contribution in [0.3, 0.4) is 0 Å². The number of amides is 1. The molecule has 1 amide bonds. The first-order valence-electron chi connectivity index (χ1n) is 3.86. The predicted octanol–water partition coefficient (Wildman–Crippen LogP) is -0.457. The molecule has 0 aliphatic heterocycles. The van der Waals surface area contributed by atoms with Crippen LogP contribution in [0.4, 0.5) is 13.2 Å². The van der Waals surface area contributed by atoms with Gasteiger partial charge in [0.05, 0.1) is 13.7 Å². The first kappa shape index (κ1) is 13.7. The van der Waals surface area contributed by atoms with Crippen molar-refractivity contribution in [3.8, 4) is 0 Å². The quantitative estimate of drug-likeness (QED) is 0.525. The summed E-state index contributed by atoms with van der Waals surface area (Å²) in [7, 11) is 0.880. The maximum absolute atomic E-state index is 11.9. The lowest BCUT2D eigenvalue weighted by atomic mass is 10.4. The number of aliphatic hydroxyl groups excluding tert-OH is 1. The van der Waals surface area contributed by atoms with Crippen LogP contribution in [0, 0.1) is 0 Å². The fraction of sp³-hybridized carbons (Fsp3) is 0.714. The number of aliphatic hydroxyl groups is 1. The van der Waals surface area contributed by atoms with Gasteiger partial charge in [-0.1, -0.05) is 0 Å². The summed E-state index contributed by atoms with van der Waals surface area (Å²) in [5.74, 6) is -2.82. The highest BCUT2D eigenvalue weighted by Crippen LogP contribution is 2.16. The number of hydrogen-bond donors (Lipinski definition) is 1. The lowest BCUT2D eigenvalue weighted by Crippen LogP contribution is -2.44. The highest BCUT2D eigenvalue weighted by atomic mass is 19.4. The van der Waals surface area contributed by atoms with E-state index in [9.17, 15) is 22.8 Å². The Morgan fingerprint density at radius 3 is 2.27 bits per heavy atom. The molecule has 88 valence electrons. The SMILES string of the molecule is COC(=O)C(=O)N(CCO)CC(F)(F)F. The van der Waals surface area contributed by atoms with Gasteiger partial charge in [0.25, 0.3) is 0 Å². The summed E-state index contributed by atoms with van der Waals surface area (Å²) in [5, 5.41) is 8.42. The van der Waals surface area contributed by atoms with Crippen LogP contribution in [0.1, 0.15) is 0 Å². The number of nitrogens with zero attached hydrogens (tertiary/aromatic N) is 1. The average molecular weight is 229 g/mol. The van der Waals surface area contributed by atoms with Gasteiger partial charge in [0.2, 0.25) is 0 Å². The molecule has 0 heterocycles. The molecule has 0 saturated carbocycles. The van der Waals surface area contributed by atoms with Gasteiger partial charge in [-0.25, -0.2) is 4.79 Å². The third kappa shape index (κ3) is 5.21. The number of alkyl halides is 3. The lowest BCUT2D eigenvalue weighted by molar-refractivity contribution is -0.171. The summed E-state index contributed by atoms with van der Waals surface area (Å²) in [6.45, 7) is -2.84. The second-order valence-electron chi connectivity index (χ2n) is 2.56. The van der Waals surface area contributed by atoms with E-state index in [1.165, 1.54) is 0 Å². The Hall–Kier alpha value is -1.31. The number of methoxy groups -OCH3 is 1. The third-order valence-electron chi connectivity index (χ3n) is 1.39. The minimum atomic E-state index is -4.63. The van der Waals surface area contributed by atoms with Crippen LogP contribution in [0.25, 0.3) is 0 Å². The van der Waals surface area contributed by atoms with Gasteiger partial charge in [0.15, 0.2) is 0 Å². The van der Waals surface area contributed by atoms with E-state index in [1.807, 2.05) is 0 Å². The van der Waals surface area contributed by atoms with Gasteiger partial charge in [-0.2, -0.15) is 13.2 Å². The molecule has 15 heavy (non-hydrogen) atoms. The summed E-state index contributed by atoms with van der Waals surface area (Å²) in [6, 6.07) is 0. The largest absolute Gasteiger partial charge is 0.462 e. The maximum atomic E-state index is 11.9. The number of rotatable bonds is 3. The Kier molecular flexibility index (Phi) is 5.06. The zero-order valence-corrected chi connectivity index (χ0v) is 7.87. The summed E-state index contributed by atoms with van der Waals surface area (Å²) >= 11 is 0. The van der Waals surface area contributed by atoms with Crippen LogP contribution in [0.15, 0.2) is 0 Å². The molecule has 0 unspecified atom stereocenters. The fourth-order valence-corrected chi connectivity index (χ4v) is 0.806. The van der Waals surface area contributed by atoms with E-state index in [2.05, 4.69) is 4.74 Å². The topological polar surface area (TPSA) is 66.8 Å². The summed E-state index contributed by atoms with van der Waals surface area (Å²) in [4.78, 5) is 21.8. The van der Waals surface area contributed by atoms with E-state index in [-0.39, 0.29) is 4.90 Å². The molecule has 0 aliphatic carbocycles. The van der Waals surface area contributed by atoms with Gasteiger partial charge in [-0.3, -0.25) is 4.79 Å². The van der Waals surface area contributed by atoms with Gasteiger partial charge in [-0.15, -0.1) is 0 Å². The number of esters is 1. The fourth-order valence-electron chi connectivity index (χ4n) is 0.806. The molecule has 0 saturated heterocycles. The van der Waals surface area contributed by atoms with Crippen LogP contribution >= 0.6 is 0 Å². The van der Waals surface area contributed by atoms with Crippen LogP contribution in [-0.2, 0) is 14.3 Å². The minimum absolute atomic E-state index is 0.172. The Morgan fingerprint density at radius 1 is 1.40 bits per heavy atom. The van der Waals surface area contributed by atoms with Crippen molar-refractivity contribution >= 4 is 11.9 Å². The molecule has 0 atom stereocenters. The number of hydrogen-bond acceptors (Lipinski definition) is 4. The van der Waals surface area contributed by atoms with E-state index in [0.29, 0.717) is 0 Å². The van der Waals surface area contributed by atoms with Crippen molar-refractivity contribution in [3.63, 3.8) is 0 Å². The van der Waals surface area contributed by atoms with Crippen molar-refractivity contribution in [2.75, 3.05) is 26.8 Å². The monoisotopic (exact) mass is 229 g/mol. The zero-order chi connectivity index (χ0) is 12.1. The zero-order valence-electron chi connectivity index (χ0n) is 7.87. The first-order valence-corrected chi connectivity index (χ1v) is 3.86. The Morgan fingerprint density at radius 2 is 1.93 bits per heavy atom. The van der Waals surface area contributed by atoms with E-state index in [1.54, 1.807) is 0 Å². The van der Waals surface area contributed by atoms with E-state index in [0.717, 1.165) is 7.11 Å². The van der Waals surface area contributed by atoms with Gasteiger partial charge < -0.3 is 14.7 Å². The molecular formula is C7H10F3NO4. The molecule has 0 radical (unpaired) electrons. The number of halogens is 3. The van der Waals surface area contributed by atoms with Crippen molar-refractivity contribution in [2.24, 2.45) is 0 Å². The van der Waals surface area contributed by atoms with Crippen LogP contribution in [0.5, 0.6) is 0 Å². The van der Waals surface area contributed by atoms with Crippen LogP contribution in [0.2, 0.25) is 0 Å². The molecule has 0 aliphatic rings. The Labute approximate surface area is 83.4 Å². The van der Waals surface area contributed by atoms with Crippen molar-refractivity contribution in [3.05, 3.63) is 0 Å². The van der Waals surface area contributed by atoms with E-state index >= 15 is 0 Å². The second-order valence-corrected chi connectivity index (χ2v) is 2.56. The molecule has 5 nitrogen and oxygen atoms in total. The highest BCUT2D eigenvalue weighted by molar-refractivity contribution is 6.32. The third-order valence-corrected chi connectivity index (χ3v) is 1.39. The summed E-state index contributed by atoms with van der Waals surface area (Å²) in [5.41, 5.74) is 0. The van der Waals surface area contributed by atoms with Crippen molar-refractivity contribution in [1.82, 2.24) is 4.90 Å². The van der Waals surface area contributed by atoms with Gasteiger partial charge >= 0.3 is 18.1 Å². The molecule has 0 bridgehead atoms. The maximum Gasteiger partial charge on any atom is 0.406 e. The molecule has 0 spiro atoms. The molecule has 0 rings (SSSR count). The van der Waals surface area contributed by atoms with Crippen molar-refractivity contribution in [2.45, 2.75) is 6.18 Å². The molecule has 1 N–H and O–H groups in total. The standard InChI is InChI=1S/C7H10F3NO4/c1-15-6(14)5(13)11(2-3-12)4-7(8,9)10/h12H,2-4H2,1H3. The van der Waals surface area contributed by atoms with Gasteiger partial charge in [-0.05, 0) is 0 Å². The summed E-state index contributed by atoms with van der Waals surface area (Å²) < 4.78 is 39.8. The molecule has 8 heteroatoms. The predicted molar refractivity (Wildman–Crippen MR) is 41.7 cm³/mol. The Balaban J connectivity index is 4.52. The van der Waals surface area contributed by atoms with E-state index in [4.69, 9.17) is 5.11 Å². The van der Waals surface area contributed by atoms with E-state index < -0.39 is 37.7 Å². The number of carbonyl (C=O) groups excluding carboxylic acids is 2. The molecular weight excluding hydrogens is 219 g/mol. The average Bonchev–Trinajstić information content (AvgIpc) is 2.13. The number of carbonyl (C=O) groups is 2. The van der Waals surface area contributed by atoms with Crippen molar-refractivity contribution < 1.29 is 32.6 Å². The van der Waals surface area contributed by atoms with Crippen molar-refractivity contribution in [1.29, 1.82) is 0 Å². The minimum Gasteiger partial charge on any atom is -0.462 e. The number of ether oxygens (including phenoxy) is 1. The molecule has 0 aromatic rings.